The summed E-state index contributed by atoms with van der Waals surface area (Å²) in [5, 5.41) is 4.31. The van der Waals surface area contributed by atoms with Crippen LogP contribution in [-0.2, 0) is 17.8 Å². The smallest absolute Gasteiger partial charge is 0.170 e. The highest BCUT2D eigenvalue weighted by atomic mass is 32.1. The molecule has 0 saturated carbocycles. The van der Waals surface area contributed by atoms with Gasteiger partial charge in [-0.25, -0.2) is 0 Å². The molecule has 2 aliphatic heterocycles. The fraction of sp³-hybridized carbons (Fsp3) is 0.444. The van der Waals surface area contributed by atoms with Crippen molar-refractivity contribution in [3.8, 4) is 0 Å². The van der Waals surface area contributed by atoms with Crippen LogP contribution >= 0.6 is 12.2 Å². The van der Waals surface area contributed by atoms with E-state index >= 15 is 0 Å². The Labute approximate surface area is 213 Å². The molecule has 0 bridgehead atoms. The normalized spacial score (nSPS) is 20.9. The minimum Gasteiger partial charge on any atom is -0.379 e. The first-order valence-corrected chi connectivity index (χ1v) is 12.9. The van der Waals surface area contributed by atoms with Crippen LogP contribution in [0.2, 0.25) is 0 Å². The Morgan fingerprint density at radius 1 is 1.03 bits per heavy atom. The van der Waals surface area contributed by atoms with Gasteiger partial charge in [-0.15, -0.1) is 0 Å². The summed E-state index contributed by atoms with van der Waals surface area (Å²) in [6, 6.07) is 14.5. The zero-order chi connectivity index (χ0) is 24.2. The van der Waals surface area contributed by atoms with Crippen molar-refractivity contribution in [1.29, 1.82) is 0 Å². The van der Waals surface area contributed by atoms with E-state index in [1.807, 2.05) is 36.7 Å². The molecule has 1 N–H and O–H groups in total. The molecule has 5 rings (SSSR count). The van der Waals surface area contributed by atoms with E-state index in [-0.39, 0.29) is 12.1 Å². The molecule has 2 aliphatic rings. The molecule has 2 saturated heterocycles. The third-order valence-electron chi connectivity index (χ3n) is 7.15. The van der Waals surface area contributed by atoms with Crippen LogP contribution in [0.25, 0.3) is 0 Å². The first-order chi connectivity index (χ1) is 17.1. The molecule has 3 aromatic rings. The van der Waals surface area contributed by atoms with E-state index in [2.05, 4.69) is 61.7 Å². The van der Waals surface area contributed by atoms with Crippen molar-refractivity contribution in [3.63, 3.8) is 0 Å². The number of rotatable bonds is 8. The number of aromatic nitrogens is 3. The van der Waals surface area contributed by atoms with Crippen LogP contribution in [0.4, 0.5) is 0 Å². The molecule has 7 nitrogen and oxygen atoms in total. The molecule has 2 atom stereocenters. The predicted molar refractivity (Wildman–Crippen MR) is 141 cm³/mol. The van der Waals surface area contributed by atoms with Gasteiger partial charge in [0.2, 0.25) is 0 Å². The molecule has 0 spiro atoms. The summed E-state index contributed by atoms with van der Waals surface area (Å²) >= 11 is 5.86. The van der Waals surface area contributed by atoms with Gasteiger partial charge in [-0.05, 0) is 68.4 Å². The van der Waals surface area contributed by atoms with Gasteiger partial charge in [-0.1, -0.05) is 12.1 Å². The number of aryl methyl sites for hydroxylation is 1. The van der Waals surface area contributed by atoms with E-state index < -0.39 is 0 Å². The van der Waals surface area contributed by atoms with E-state index in [0.29, 0.717) is 6.54 Å². The molecule has 8 heteroatoms. The van der Waals surface area contributed by atoms with Gasteiger partial charge in [0.1, 0.15) is 0 Å². The van der Waals surface area contributed by atoms with Crippen LogP contribution in [-0.4, -0.2) is 62.3 Å². The third kappa shape index (κ3) is 5.24. The van der Waals surface area contributed by atoms with Gasteiger partial charge >= 0.3 is 0 Å². The Balaban J connectivity index is 1.42. The van der Waals surface area contributed by atoms with Gasteiger partial charge in [0, 0.05) is 50.0 Å². The number of morpholine rings is 1. The molecule has 0 amide bonds. The topological polar surface area (TPSA) is 58.5 Å². The summed E-state index contributed by atoms with van der Waals surface area (Å²) in [6.07, 6.45) is 4.82. The average molecular weight is 491 g/mol. The van der Waals surface area contributed by atoms with Crippen molar-refractivity contribution in [2.45, 2.75) is 45.4 Å². The van der Waals surface area contributed by atoms with Crippen LogP contribution in [0, 0.1) is 13.8 Å². The lowest BCUT2D eigenvalue weighted by Gasteiger charge is -2.28. The summed E-state index contributed by atoms with van der Waals surface area (Å²) in [4.78, 5) is 14.0. The number of nitrogens with one attached hydrogen (secondary N) is 1. The molecule has 184 valence electrons. The average Bonchev–Trinajstić information content (AvgIpc) is 3.36. The molecular formula is C27H34N6OS. The lowest BCUT2D eigenvalue weighted by molar-refractivity contribution is 0.0369. The van der Waals surface area contributed by atoms with Crippen molar-refractivity contribution in [1.82, 2.24) is 29.7 Å². The minimum atomic E-state index is -0.0188. The SMILES string of the molecule is Cc1cc([C@H]2[C@@H](c3ccccn3)NC(=S)N2Cc2ccccn2)c(C)n1CCCN1CCOCC1. The highest BCUT2D eigenvalue weighted by molar-refractivity contribution is 7.80. The van der Waals surface area contributed by atoms with E-state index in [1.165, 1.54) is 17.0 Å². The highest BCUT2D eigenvalue weighted by Crippen LogP contribution is 2.41. The summed E-state index contributed by atoms with van der Waals surface area (Å²) in [5.74, 6) is 0. The Kier molecular flexibility index (Phi) is 7.41. The number of thiocarbonyl (C=S) groups is 1. The maximum absolute atomic E-state index is 5.86. The first kappa shape index (κ1) is 23.9. The lowest BCUT2D eigenvalue weighted by atomic mass is 9.96. The molecule has 0 aromatic carbocycles. The minimum absolute atomic E-state index is 0.0188. The molecule has 0 unspecified atom stereocenters. The van der Waals surface area contributed by atoms with Crippen LogP contribution in [0.15, 0.2) is 54.9 Å². The highest BCUT2D eigenvalue weighted by Gasteiger charge is 2.41. The molecule has 3 aromatic heterocycles. The van der Waals surface area contributed by atoms with Crippen LogP contribution in [0.3, 0.4) is 0 Å². The summed E-state index contributed by atoms with van der Waals surface area (Å²) in [6.45, 7) is 11.0. The largest absolute Gasteiger partial charge is 0.379 e. The molecule has 2 fully saturated rings. The number of pyridine rings is 2. The standard InChI is InChI=1S/C27H34N6OS/c1-20-18-23(21(2)32(20)13-7-12-31-14-16-34-17-15-31)26-25(24-9-4-6-11-29-24)30-27(35)33(26)19-22-8-3-5-10-28-22/h3-6,8-11,18,25-26H,7,12-17,19H2,1-2H3,(H,30,35)/t25-,26+/m1/s1. The fourth-order valence-corrected chi connectivity index (χ4v) is 5.63. The Morgan fingerprint density at radius 2 is 1.80 bits per heavy atom. The van der Waals surface area contributed by atoms with E-state index in [1.54, 1.807) is 0 Å². The molecule has 35 heavy (non-hydrogen) atoms. The van der Waals surface area contributed by atoms with Crippen molar-refractivity contribution in [2.24, 2.45) is 0 Å². The third-order valence-corrected chi connectivity index (χ3v) is 7.50. The van der Waals surface area contributed by atoms with E-state index in [0.717, 1.165) is 62.3 Å². The summed E-state index contributed by atoms with van der Waals surface area (Å²) < 4.78 is 7.96. The maximum atomic E-state index is 5.86. The van der Waals surface area contributed by atoms with Crippen molar-refractivity contribution < 1.29 is 4.74 Å². The lowest BCUT2D eigenvalue weighted by Crippen LogP contribution is -2.37. The zero-order valence-electron chi connectivity index (χ0n) is 20.6. The molecular weight excluding hydrogens is 456 g/mol. The second-order valence-corrected chi connectivity index (χ2v) is 9.75. The Bertz CT molecular complexity index is 1130. The van der Waals surface area contributed by atoms with Gasteiger partial charge in [0.25, 0.3) is 0 Å². The first-order valence-electron chi connectivity index (χ1n) is 12.5. The van der Waals surface area contributed by atoms with Crippen LogP contribution in [0.1, 0.15) is 46.8 Å². The number of hydrogen-bond donors (Lipinski definition) is 1. The number of ether oxygens (including phenoxy) is 1. The van der Waals surface area contributed by atoms with Crippen LogP contribution in [0.5, 0.6) is 0 Å². The maximum Gasteiger partial charge on any atom is 0.170 e. The fourth-order valence-electron chi connectivity index (χ4n) is 5.33. The Hall–Kier alpha value is -2.81. The van der Waals surface area contributed by atoms with Crippen molar-refractivity contribution in [3.05, 3.63) is 83.2 Å². The number of hydrogen-bond acceptors (Lipinski definition) is 5. The van der Waals surface area contributed by atoms with E-state index in [9.17, 15) is 0 Å². The molecule has 5 heterocycles. The van der Waals surface area contributed by atoms with E-state index in [4.69, 9.17) is 17.0 Å². The summed E-state index contributed by atoms with van der Waals surface area (Å²) in [5.41, 5.74) is 5.89. The van der Waals surface area contributed by atoms with Crippen LogP contribution < -0.4 is 5.32 Å². The second-order valence-electron chi connectivity index (χ2n) is 9.36. The Morgan fingerprint density at radius 3 is 2.51 bits per heavy atom. The van der Waals surface area contributed by atoms with Gasteiger partial charge in [0.05, 0.1) is 43.2 Å². The molecule has 0 aliphatic carbocycles. The van der Waals surface area contributed by atoms with Crippen molar-refractivity contribution in [2.75, 3.05) is 32.8 Å². The monoisotopic (exact) mass is 490 g/mol. The van der Waals surface area contributed by atoms with Crippen molar-refractivity contribution >= 4 is 17.3 Å². The zero-order valence-corrected chi connectivity index (χ0v) is 21.4. The quantitative estimate of drug-likeness (QED) is 0.482. The van der Waals surface area contributed by atoms with Gasteiger partial charge in [-0.3, -0.25) is 14.9 Å². The van der Waals surface area contributed by atoms with Gasteiger partial charge < -0.3 is 19.5 Å². The summed E-state index contributed by atoms with van der Waals surface area (Å²) in [7, 11) is 0. The van der Waals surface area contributed by atoms with Gasteiger partial charge in [-0.2, -0.15) is 0 Å². The predicted octanol–water partition coefficient (Wildman–Crippen LogP) is 3.79. The second kappa shape index (κ2) is 10.8. The number of nitrogens with zero attached hydrogens (tertiary/aromatic N) is 5. The molecule has 0 radical (unpaired) electrons. The van der Waals surface area contributed by atoms with Gasteiger partial charge in [0.15, 0.2) is 5.11 Å².